The highest BCUT2D eigenvalue weighted by molar-refractivity contribution is 6.31. The number of ether oxygens (including phenoxy) is 1. The molecule has 0 radical (unpaired) electrons. The number of nitriles is 1. The van der Waals surface area contributed by atoms with Crippen LogP contribution >= 0.6 is 11.6 Å². The zero-order valence-corrected chi connectivity index (χ0v) is 21.6. The van der Waals surface area contributed by atoms with Gasteiger partial charge in [0.25, 0.3) is 11.8 Å². The first-order chi connectivity index (χ1) is 19.2. The summed E-state index contributed by atoms with van der Waals surface area (Å²) in [5.41, 5.74) is 0.440. The number of halogens is 4. The maximum Gasteiger partial charge on any atom is 0.253 e. The van der Waals surface area contributed by atoms with Crippen molar-refractivity contribution in [3.05, 3.63) is 83.0 Å². The van der Waals surface area contributed by atoms with E-state index in [0.717, 1.165) is 17.2 Å². The minimum atomic E-state index is -2.90. The van der Waals surface area contributed by atoms with Crippen molar-refractivity contribution in [2.24, 2.45) is 0 Å². The van der Waals surface area contributed by atoms with Crippen LogP contribution in [0, 0.1) is 17.1 Å². The first kappa shape index (κ1) is 27.4. The number of hydrogen-bond donors (Lipinski definition) is 1. The van der Waals surface area contributed by atoms with Crippen LogP contribution in [-0.4, -0.2) is 53.1 Å². The van der Waals surface area contributed by atoms with E-state index in [4.69, 9.17) is 16.3 Å². The molecular formula is C27H22ClF3N6O3. The molecule has 3 heterocycles. The second-order valence-corrected chi connectivity index (χ2v) is 9.87. The van der Waals surface area contributed by atoms with Gasteiger partial charge in [-0.3, -0.25) is 19.5 Å². The molecule has 5 rings (SSSR count). The number of alkyl halides is 2. The number of hydrogen-bond acceptors (Lipinski definition) is 7. The second-order valence-electron chi connectivity index (χ2n) is 9.46. The van der Waals surface area contributed by atoms with Gasteiger partial charge in [0.05, 0.1) is 36.3 Å². The van der Waals surface area contributed by atoms with Gasteiger partial charge in [-0.25, -0.2) is 18.2 Å². The molecule has 2 amide bonds. The molecule has 0 unspecified atom stereocenters. The first-order valence-electron chi connectivity index (χ1n) is 12.2. The SMILES string of the molecule is N#Cc1ccnc(N2COC[C@H]2C(=O)N(c2cncc(F)c2)[C@H](C(=O)NC2CC(F)(F)C2)c2ccccc2Cl)c1. The molecular weight excluding hydrogens is 549 g/mol. The molecule has 2 aromatic heterocycles. The number of aromatic nitrogens is 2. The zero-order valence-electron chi connectivity index (χ0n) is 20.8. The minimum absolute atomic E-state index is 0.0480. The monoisotopic (exact) mass is 570 g/mol. The maximum atomic E-state index is 14.4. The summed E-state index contributed by atoms with van der Waals surface area (Å²) in [7, 11) is 0. The normalized spacial score (nSPS) is 18.9. The second kappa shape index (κ2) is 11.1. The Labute approximate surface area is 232 Å². The molecule has 2 fully saturated rings. The molecule has 2 aliphatic rings. The Morgan fingerprint density at radius 2 is 2.00 bits per heavy atom. The van der Waals surface area contributed by atoms with Crippen molar-refractivity contribution in [1.29, 1.82) is 5.26 Å². The molecule has 0 bridgehead atoms. The van der Waals surface area contributed by atoms with E-state index in [1.807, 2.05) is 6.07 Å². The van der Waals surface area contributed by atoms with Gasteiger partial charge in [0, 0.05) is 41.7 Å². The number of nitrogens with zero attached hydrogens (tertiary/aromatic N) is 5. The van der Waals surface area contributed by atoms with E-state index in [1.165, 1.54) is 41.6 Å². The summed E-state index contributed by atoms with van der Waals surface area (Å²) in [6.07, 6.45) is 2.47. The van der Waals surface area contributed by atoms with Crippen molar-refractivity contribution in [3.63, 3.8) is 0 Å². The summed E-state index contributed by atoms with van der Waals surface area (Å²) in [6.45, 7) is -0.157. The molecule has 40 heavy (non-hydrogen) atoms. The Kier molecular flexibility index (Phi) is 7.60. The average molecular weight is 571 g/mol. The third-order valence-electron chi connectivity index (χ3n) is 6.69. The average Bonchev–Trinajstić information content (AvgIpc) is 3.41. The standard InChI is InChI=1S/C27H22ClF3N6O3/c28-21-4-2-1-3-20(21)24(25(38)35-18-9-27(30,31)10-18)37(19-8-17(29)12-33-13-19)26(39)22-14-40-15-36(22)23-7-16(11-32)5-6-34-23/h1-8,12-13,18,22,24H,9-10,14-15H2,(H,35,38)/t22-,24-/m0/s1. The first-order valence-corrected chi connectivity index (χ1v) is 12.6. The van der Waals surface area contributed by atoms with E-state index in [2.05, 4.69) is 15.3 Å². The van der Waals surface area contributed by atoms with Gasteiger partial charge in [-0.05, 0) is 18.2 Å². The van der Waals surface area contributed by atoms with Gasteiger partial charge < -0.3 is 15.0 Å². The van der Waals surface area contributed by atoms with Crippen LogP contribution in [-0.2, 0) is 14.3 Å². The largest absolute Gasteiger partial charge is 0.358 e. The summed E-state index contributed by atoms with van der Waals surface area (Å²) in [6, 6.07) is 8.97. The Morgan fingerprint density at radius 1 is 1.23 bits per heavy atom. The quantitative estimate of drug-likeness (QED) is 0.457. The van der Waals surface area contributed by atoms with E-state index < -0.39 is 54.5 Å². The highest BCUT2D eigenvalue weighted by Crippen LogP contribution is 2.39. The number of nitrogens with one attached hydrogen (secondary N) is 1. The number of amides is 2. The highest BCUT2D eigenvalue weighted by atomic mass is 35.5. The molecule has 1 saturated carbocycles. The Balaban J connectivity index is 1.58. The third kappa shape index (κ3) is 5.57. The lowest BCUT2D eigenvalue weighted by Gasteiger charge is -2.39. The van der Waals surface area contributed by atoms with Crippen LogP contribution in [0.15, 0.2) is 61.1 Å². The molecule has 3 aromatic rings. The summed E-state index contributed by atoms with van der Waals surface area (Å²) in [5, 5.41) is 12.0. The van der Waals surface area contributed by atoms with Gasteiger partial charge in [0.1, 0.15) is 30.4 Å². The lowest BCUT2D eigenvalue weighted by Crippen LogP contribution is -2.56. The van der Waals surface area contributed by atoms with Crippen LogP contribution < -0.4 is 15.1 Å². The van der Waals surface area contributed by atoms with E-state index in [0.29, 0.717) is 5.56 Å². The van der Waals surface area contributed by atoms with Crippen molar-refractivity contribution in [1.82, 2.24) is 15.3 Å². The number of anilines is 2. The fourth-order valence-electron chi connectivity index (χ4n) is 4.75. The zero-order chi connectivity index (χ0) is 28.4. The Morgan fingerprint density at radius 3 is 2.70 bits per heavy atom. The van der Waals surface area contributed by atoms with Gasteiger partial charge in [-0.15, -0.1) is 0 Å². The molecule has 1 aromatic carbocycles. The van der Waals surface area contributed by atoms with Crippen LogP contribution in [0.2, 0.25) is 5.02 Å². The highest BCUT2D eigenvalue weighted by Gasteiger charge is 2.48. The number of pyridine rings is 2. The number of benzene rings is 1. The van der Waals surface area contributed by atoms with Crippen LogP contribution in [0.25, 0.3) is 0 Å². The number of carbonyl (C=O) groups is 2. The van der Waals surface area contributed by atoms with Gasteiger partial charge in [0.2, 0.25) is 5.91 Å². The summed E-state index contributed by atoms with van der Waals surface area (Å²) < 4.78 is 47.1. The lowest BCUT2D eigenvalue weighted by molar-refractivity contribution is -0.133. The van der Waals surface area contributed by atoms with E-state index in [9.17, 15) is 28.0 Å². The minimum Gasteiger partial charge on any atom is -0.358 e. The van der Waals surface area contributed by atoms with Crippen molar-refractivity contribution in [2.45, 2.75) is 36.9 Å². The van der Waals surface area contributed by atoms with Gasteiger partial charge in [0.15, 0.2) is 0 Å². The lowest BCUT2D eigenvalue weighted by atomic mass is 9.87. The number of rotatable bonds is 7. The van der Waals surface area contributed by atoms with Crippen LogP contribution in [0.5, 0.6) is 0 Å². The fourth-order valence-corrected chi connectivity index (χ4v) is 4.99. The molecule has 1 aliphatic carbocycles. The van der Waals surface area contributed by atoms with Crippen molar-refractivity contribution < 1.29 is 27.5 Å². The summed E-state index contributed by atoms with van der Waals surface area (Å²) in [4.78, 5) is 38.7. The molecule has 206 valence electrons. The van der Waals surface area contributed by atoms with Gasteiger partial charge in [-0.1, -0.05) is 29.8 Å². The fraction of sp³-hybridized carbons (Fsp3) is 0.296. The van der Waals surface area contributed by atoms with Gasteiger partial charge >= 0.3 is 0 Å². The van der Waals surface area contributed by atoms with Crippen molar-refractivity contribution in [3.8, 4) is 6.07 Å². The van der Waals surface area contributed by atoms with E-state index in [1.54, 1.807) is 12.1 Å². The molecule has 1 saturated heterocycles. The maximum absolute atomic E-state index is 14.4. The molecule has 1 N–H and O–H groups in total. The topological polar surface area (TPSA) is 111 Å². The van der Waals surface area contributed by atoms with Crippen molar-refractivity contribution >= 4 is 34.9 Å². The third-order valence-corrected chi connectivity index (χ3v) is 7.03. The summed E-state index contributed by atoms with van der Waals surface area (Å²) in [5.74, 6) is -4.85. The van der Waals surface area contributed by atoms with Crippen LogP contribution in [0.3, 0.4) is 0 Å². The summed E-state index contributed by atoms with van der Waals surface area (Å²) >= 11 is 6.47. The molecule has 0 spiro atoms. The molecule has 13 heteroatoms. The Hall–Kier alpha value is -4.21. The Bertz CT molecular complexity index is 1480. The van der Waals surface area contributed by atoms with Crippen LogP contribution in [0.1, 0.15) is 30.0 Å². The number of carbonyl (C=O) groups excluding carboxylic acids is 2. The van der Waals surface area contributed by atoms with Gasteiger partial charge in [-0.2, -0.15) is 5.26 Å². The molecule has 2 atom stereocenters. The van der Waals surface area contributed by atoms with Crippen molar-refractivity contribution in [2.75, 3.05) is 23.1 Å². The molecule has 1 aliphatic heterocycles. The van der Waals surface area contributed by atoms with E-state index >= 15 is 0 Å². The predicted octanol–water partition coefficient (Wildman–Crippen LogP) is 3.99. The molecule has 9 nitrogen and oxygen atoms in total. The van der Waals surface area contributed by atoms with E-state index in [-0.39, 0.29) is 35.4 Å². The predicted molar refractivity (Wildman–Crippen MR) is 138 cm³/mol. The smallest absolute Gasteiger partial charge is 0.253 e. The van der Waals surface area contributed by atoms with Crippen LogP contribution in [0.4, 0.5) is 24.7 Å².